The summed E-state index contributed by atoms with van der Waals surface area (Å²) in [5.74, 6) is 3.48. The number of aromatic amines is 1. The molecular formula is C29H42N8O3. The van der Waals surface area contributed by atoms with Crippen LogP contribution in [-0.2, 0) is 11.3 Å². The zero-order valence-corrected chi connectivity index (χ0v) is 23.8. The number of morpholine rings is 1. The molecule has 3 aliphatic carbocycles. The van der Waals surface area contributed by atoms with Gasteiger partial charge in [-0.15, -0.1) is 5.10 Å². The van der Waals surface area contributed by atoms with E-state index in [4.69, 9.17) is 24.1 Å². The molecule has 0 amide bonds. The largest absolute Gasteiger partial charge is 0.434 e. The van der Waals surface area contributed by atoms with Crippen LogP contribution in [0.15, 0.2) is 9.21 Å². The van der Waals surface area contributed by atoms with Gasteiger partial charge in [0.2, 0.25) is 11.8 Å². The van der Waals surface area contributed by atoms with E-state index >= 15 is 0 Å². The van der Waals surface area contributed by atoms with Gasteiger partial charge < -0.3 is 23.9 Å². The summed E-state index contributed by atoms with van der Waals surface area (Å²) in [6, 6.07) is 0.589. The Bertz CT molecular complexity index is 1380. The summed E-state index contributed by atoms with van der Waals surface area (Å²) in [4.78, 5) is 29.3. The van der Waals surface area contributed by atoms with Crippen molar-refractivity contribution in [3.8, 4) is 11.7 Å². The van der Waals surface area contributed by atoms with E-state index in [1.165, 1.54) is 57.8 Å². The summed E-state index contributed by atoms with van der Waals surface area (Å²) in [5, 5.41) is 10.1. The van der Waals surface area contributed by atoms with Crippen LogP contribution < -0.4 is 16.0 Å². The Morgan fingerprint density at radius 1 is 1.02 bits per heavy atom. The highest BCUT2D eigenvalue weighted by atomic mass is 16.5. The van der Waals surface area contributed by atoms with Crippen LogP contribution >= 0.6 is 0 Å². The van der Waals surface area contributed by atoms with Gasteiger partial charge in [0.1, 0.15) is 5.52 Å². The lowest BCUT2D eigenvalue weighted by Crippen LogP contribution is -2.53. The van der Waals surface area contributed by atoms with E-state index < -0.39 is 5.76 Å². The van der Waals surface area contributed by atoms with Crippen LogP contribution in [-0.4, -0.2) is 61.1 Å². The van der Waals surface area contributed by atoms with Gasteiger partial charge in [-0.25, -0.2) is 19.9 Å². The summed E-state index contributed by atoms with van der Waals surface area (Å²) in [6.45, 7) is 7.05. The van der Waals surface area contributed by atoms with Crippen molar-refractivity contribution < 1.29 is 9.15 Å². The molecule has 3 aromatic rings. The van der Waals surface area contributed by atoms with Gasteiger partial charge in [0.15, 0.2) is 11.5 Å². The Labute approximate surface area is 234 Å². The Morgan fingerprint density at radius 2 is 1.85 bits per heavy atom. The maximum Gasteiger partial charge on any atom is 0.434 e. The third kappa shape index (κ3) is 4.90. The molecule has 3 atom stereocenters. The topological polar surface area (TPSA) is 127 Å². The normalized spacial score (nSPS) is 28.3. The lowest BCUT2D eigenvalue weighted by atomic mass is 9.80. The lowest BCUT2D eigenvalue weighted by Gasteiger charge is -2.44. The molecule has 0 unspecified atom stereocenters. The van der Waals surface area contributed by atoms with Crippen molar-refractivity contribution in [3.63, 3.8) is 0 Å². The summed E-state index contributed by atoms with van der Waals surface area (Å²) >= 11 is 0. The summed E-state index contributed by atoms with van der Waals surface area (Å²) in [7, 11) is 0. The van der Waals surface area contributed by atoms with Crippen molar-refractivity contribution in [2.75, 3.05) is 23.4 Å². The minimum atomic E-state index is -0.620. The van der Waals surface area contributed by atoms with E-state index in [1.54, 1.807) is 0 Å². The van der Waals surface area contributed by atoms with Crippen molar-refractivity contribution >= 4 is 22.9 Å². The van der Waals surface area contributed by atoms with Crippen molar-refractivity contribution in [1.82, 2.24) is 29.7 Å². The van der Waals surface area contributed by atoms with Crippen LogP contribution in [0.5, 0.6) is 0 Å². The van der Waals surface area contributed by atoms with Crippen LogP contribution in [0.4, 0.5) is 11.8 Å². The molecule has 11 nitrogen and oxygen atoms in total. The highest BCUT2D eigenvalue weighted by Crippen LogP contribution is 2.39. The Balaban J connectivity index is 1.36. The SMILES string of the molecule is CC1CCC(Cn2c(N3CCO[C@H]4CCCC[C@H]43)nc3nc(-c4n[nH]c(=O)o4)nc(N[C@H](C)C4CCC4)c32)CC1. The number of rotatable bonds is 7. The average Bonchev–Trinajstić information content (AvgIpc) is 3.52. The summed E-state index contributed by atoms with van der Waals surface area (Å²) in [5.41, 5.74) is 1.57. The van der Waals surface area contributed by atoms with Crippen LogP contribution in [0.1, 0.15) is 84.5 Å². The predicted molar refractivity (Wildman–Crippen MR) is 152 cm³/mol. The van der Waals surface area contributed by atoms with Crippen molar-refractivity contribution in [2.45, 2.75) is 109 Å². The maximum absolute atomic E-state index is 11.8. The first-order chi connectivity index (χ1) is 19.5. The predicted octanol–water partition coefficient (Wildman–Crippen LogP) is 4.74. The molecule has 1 aliphatic heterocycles. The molecule has 11 heteroatoms. The first-order valence-electron chi connectivity index (χ1n) is 15.5. The first-order valence-corrected chi connectivity index (χ1v) is 15.5. The van der Waals surface area contributed by atoms with Crippen molar-refractivity contribution in [3.05, 3.63) is 10.6 Å². The Morgan fingerprint density at radius 3 is 2.60 bits per heavy atom. The third-order valence-corrected chi connectivity index (χ3v) is 10.00. The lowest BCUT2D eigenvalue weighted by molar-refractivity contribution is -0.00958. The fourth-order valence-electron chi connectivity index (χ4n) is 7.33. The second-order valence-corrected chi connectivity index (χ2v) is 12.7. The number of anilines is 2. The number of nitrogens with zero attached hydrogens (tertiary/aromatic N) is 6. The van der Waals surface area contributed by atoms with E-state index in [2.05, 4.69) is 38.8 Å². The molecule has 3 aromatic heterocycles. The number of aromatic nitrogens is 6. The minimum absolute atomic E-state index is 0.0855. The number of fused-ring (bicyclic) bond motifs is 2. The standard InChI is InChI=1S/C29H42N8O3/c1-17-10-12-19(13-11-17)16-37-23-24(30-18(2)20-6-5-7-20)31-26(27-34-35-29(38)40-27)32-25(23)33-28(37)36-14-15-39-22-9-4-3-8-21(22)36/h17-22H,3-16H2,1-2H3,(H,35,38)(H,30,31,32)/t17?,18-,19?,21-,22+/m1/s1. The smallest absolute Gasteiger partial charge is 0.384 e. The molecule has 3 saturated carbocycles. The highest BCUT2D eigenvalue weighted by Gasteiger charge is 2.38. The monoisotopic (exact) mass is 550 g/mol. The molecule has 216 valence electrons. The molecular weight excluding hydrogens is 508 g/mol. The molecule has 0 spiro atoms. The average molecular weight is 551 g/mol. The number of imidazole rings is 1. The molecule has 2 N–H and O–H groups in total. The molecule has 40 heavy (non-hydrogen) atoms. The second-order valence-electron chi connectivity index (χ2n) is 12.7. The van der Waals surface area contributed by atoms with Crippen LogP contribution in [0.3, 0.4) is 0 Å². The third-order valence-electron chi connectivity index (χ3n) is 10.00. The summed E-state index contributed by atoms with van der Waals surface area (Å²) < 4.78 is 13.9. The van der Waals surface area contributed by atoms with Gasteiger partial charge in [-0.2, -0.15) is 4.98 Å². The maximum atomic E-state index is 11.8. The Hall–Kier alpha value is -2.95. The first kappa shape index (κ1) is 26.0. The fourth-order valence-corrected chi connectivity index (χ4v) is 7.33. The number of hydrogen-bond donors (Lipinski definition) is 2. The number of H-pyrrole nitrogens is 1. The van der Waals surface area contributed by atoms with Crippen LogP contribution in [0, 0.1) is 17.8 Å². The van der Waals surface area contributed by atoms with E-state index in [1.807, 2.05) is 0 Å². The molecule has 4 fully saturated rings. The van der Waals surface area contributed by atoms with Crippen LogP contribution in [0.2, 0.25) is 0 Å². The van der Waals surface area contributed by atoms with Gasteiger partial charge in [0.25, 0.3) is 5.89 Å². The van der Waals surface area contributed by atoms with E-state index in [0.717, 1.165) is 49.1 Å². The second kappa shape index (κ2) is 10.8. The zero-order chi connectivity index (χ0) is 27.2. The molecule has 0 aromatic carbocycles. The zero-order valence-electron chi connectivity index (χ0n) is 23.8. The van der Waals surface area contributed by atoms with Gasteiger partial charge in [-0.1, -0.05) is 39.0 Å². The number of nitrogens with one attached hydrogen (secondary N) is 2. The fraction of sp³-hybridized carbons (Fsp3) is 0.759. The molecule has 4 aliphatic rings. The molecule has 4 heterocycles. The van der Waals surface area contributed by atoms with Gasteiger partial charge in [-0.05, 0) is 63.2 Å². The van der Waals surface area contributed by atoms with E-state index in [-0.39, 0.29) is 23.9 Å². The van der Waals surface area contributed by atoms with E-state index in [0.29, 0.717) is 30.1 Å². The summed E-state index contributed by atoms with van der Waals surface area (Å²) in [6.07, 6.45) is 13.7. The number of hydrogen-bond acceptors (Lipinski definition) is 9. The van der Waals surface area contributed by atoms with Crippen LogP contribution in [0.25, 0.3) is 22.9 Å². The van der Waals surface area contributed by atoms with Gasteiger partial charge in [-0.3, -0.25) is 0 Å². The van der Waals surface area contributed by atoms with Crippen molar-refractivity contribution in [2.24, 2.45) is 17.8 Å². The van der Waals surface area contributed by atoms with Gasteiger partial charge in [0, 0.05) is 19.1 Å². The molecule has 1 saturated heterocycles. The molecule has 7 rings (SSSR count). The molecule has 0 radical (unpaired) electrons. The van der Waals surface area contributed by atoms with E-state index in [9.17, 15) is 4.79 Å². The minimum Gasteiger partial charge on any atom is -0.384 e. The van der Waals surface area contributed by atoms with Crippen molar-refractivity contribution in [1.29, 1.82) is 0 Å². The van der Waals surface area contributed by atoms with Gasteiger partial charge in [0.05, 0.1) is 18.8 Å². The van der Waals surface area contributed by atoms with Gasteiger partial charge >= 0.3 is 5.76 Å². The quantitative estimate of drug-likeness (QED) is 0.429. The highest BCUT2D eigenvalue weighted by molar-refractivity contribution is 5.87. The molecule has 0 bridgehead atoms. The Kier molecular flexibility index (Phi) is 7.01. The number of ether oxygens (including phenoxy) is 1.